The summed E-state index contributed by atoms with van der Waals surface area (Å²) in [5.41, 5.74) is 5.48. The first kappa shape index (κ1) is 21.5. The molecule has 33 heavy (non-hydrogen) atoms. The van der Waals surface area contributed by atoms with Crippen LogP contribution in [0.5, 0.6) is 5.75 Å². The summed E-state index contributed by atoms with van der Waals surface area (Å²) in [7, 11) is 1.65. The molecular weight excluding hydrogens is 426 g/mol. The molecule has 1 aliphatic rings. The molecule has 0 spiro atoms. The molecule has 0 radical (unpaired) electrons. The van der Waals surface area contributed by atoms with Crippen molar-refractivity contribution in [2.75, 3.05) is 7.11 Å². The van der Waals surface area contributed by atoms with Gasteiger partial charge in [-0.1, -0.05) is 54.6 Å². The lowest BCUT2D eigenvalue weighted by molar-refractivity contribution is 0.0668. The molecular formula is C29H27NO2S. The highest BCUT2D eigenvalue weighted by atomic mass is 32.1. The molecule has 166 valence electrons. The van der Waals surface area contributed by atoms with Crippen LogP contribution in [0.2, 0.25) is 0 Å². The number of thiophene rings is 1. The highest BCUT2D eigenvalue weighted by Gasteiger charge is 2.32. The first-order valence-electron chi connectivity index (χ1n) is 11.3. The van der Waals surface area contributed by atoms with Crippen LogP contribution < -0.4 is 4.74 Å². The van der Waals surface area contributed by atoms with E-state index in [-0.39, 0.29) is 11.9 Å². The fraction of sp³-hybridized carbons (Fsp3) is 0.207. The zero-order valence-corrected chi connectivity index (χ0v) is 19.8. The van der Waals surface area contributed by atoms with Gasteiger partial charge in [0.1, 0.15) is 5.75 Å². The molecule has 0 unspecified atom stereocenters. The minimum absolute atomic E-state index is 0.0524. The Labute approximate surface area is 199 Å². The molecule has 0 aliphatic heterocycles. The van der Waals surface area contributed by atoms with Gasteiger partial charge in [0.2, 0.25) is 0 Å². The lowest BCUT2D eigenvalue weighted by atomic mass is 10.0. The number of methoxy groups -OCH3 is 1. The maximum absolute atomic E-state index is 14.2. The van der Waals surface area contributed by atoms with Gasteiger partial charge in [-0.15, -0.1) is 11.3 Å². The largest absolute Gasteiger partial charge is 0.497 e. The van der Waals surface area contributed by atoms with Gasteiger partial charge in [0.05, 0.1) is 12.7 Å². The summed E-state index contributed by atoms with van der Waals surface area (Å²) in [4.78, 5) is 18.6. The number of fused-ring (bicyclic) bond motifs is 1. The Balaban J connectivity index is 1.56. The lowest BCUT2D eigenvalue weighted by Crippen LogP contribution is -2.40. The zero-order valence-electron chi connectivity index (χ0n) is 19.0. The number of aryl methyl sites for hydroxylation is 1. The summed E-state index contributed by atoms with van der Waals surface area (Å²) in [6, 6.07) is 29.0. The molecule has 1 heterocycles. The molecule has 0 fully saturated rings. The minimum Gasteiger partial charge on any atom is -0.497 e. The second kappa shape index (κ2) is 9.24. The smallest absolute Gasteiger partial charge is 0.255 e. The van der Waals surface area contributed by atoms with Gasteiger partial charge >= 0.3 is 0 Å². The topological polar surface area (TPSA) is 29.5 Å². The fourth-order valence-corrected chi connectivity index (χ4v) is 5.59. The predicted octanol–water partition coefficient (Wildman–Crippen LogP) is 6.54. The molecule has 3 nitrogen and oxygen atoms in total. The molecule has 3 aromatic carbocycles. The third kappa shape index (κ3) is 4.44. The number of carbonyl (C=O) groups is 1. The van der Waals surface area contributed by atoms with E-state index >= 15 is 0 Å². The van der Waals surface area contributed by atoms with Crippen LogP contribution in [0.4, 0.5) is 0 Å². The minimum atomic E-state index is 0.0524. The normalized spacial score (nSPS) is 13.0. The highest BCUT2D eigenvalue weighted by Crippen LogP contribution is 2.35. The van der Waals surface area contributed by atoms with E-state index in [1.165, 1.54) is 16.0 Å². The van der Waals surface area contributed by atoms with Gasteiger partial charge < -0.3 is 9.64 Å². The number of nitrogens with zero attached hydrogens (tertiary/aromatic N) is 1. The first-order valence-corrected chi connectivity index (χ1v) is 12.1. The van der Waals surface area contributed by atoms with E-state index in [0.717, 1.165) is 28.8 Å². The molecule has 0 saturated heterocycles. The molecule has 4 heteroatoms. The number of ether oxygens (including phenoxy) is 1. The van der Waals surface area contributed by atoms with Gasteiger partial charge in [0, 0.05) is 27.9 Å². The van der Waals surface area contributed by atoms with Crippen molar-refractivity contribution < 1.29 is 9.53 Å². The summed E-state index contributed by atoms with van der Waals surface area (Å²) in [6.07, 6.45) is 1.76. The van der Waals surface area contributed by atoms with Crippen molar-refractivity contribution in [3.63, 3.8) is 0 Å². The van der Waals surface area contributed by atoms with Crippen LogP contribution >= 0.6 is 11.3 Å². The number of hydrogen-bond acceptors (Lipinski definition) is 3. The predicted molar refractivity (Wildman–Crippen MR) is 135 cm³/mol. The van der Waals surface area contributed by atoms with Gasteiger partial charge in [-0.25, -0.2) is 0 Å². The third-order valence-corrected chi connectivity index (χ3v) is 7.42. The van der Waals surface area contributed by atoms with Crippen molar-refractivity contribution in [1.82, 2.24) is 4.90 Å². The second-order valence-corrected chi connectivity index (χ2v) is 9.86. The highest BCUT2D eigenvalue weighted by molar-refractivity contribution is 7.15. The molecule has 0 bridgehead atoms. The molecule has 1 aliphatic carbocycles. The Kier molecular flexibility index (Phi) is 6.01. The van der Waals surface area contributed by atoms with Gasteiger partial charge in [-0.05, 0) is 66.8 Å². The van der Waals surface area contributed by atoms with Gasteiger partial charge in [0.25, 0.3) is 5.91 Å². The van der Waals surface area contributed by atoms with Crippen LogP contribution in [0.1, 0.15) is 31.9 Å². The third-order valence-electron chi connectivity index (χ3n) is 6.39. The number of amides is 1. The van der Waals surface area contributed by atoms with Crippen molar-refractivity contribution in [2.24, 2.45) is 0 Å². The second-order valence-electron chi connectivity index (χ2n) is 8.57. The SMILES string of the molecule is COc1ccc(-c2ccc(C)s2)c(C(=O)N(Cc2ccccc2)C2Cc3ccccc3C2)c1. The van der Waals surface area contributed by atoms with E-state index in [4.69, 9.17) is 4.74 Å². The quantitative estimate of drug-likeness (QED) is 0.332. The van der Waals surface area contributed by atoms with Gasteiger partial charge in [0.15, 0.2) is 0 Å². The molecule has 0 N–H and O–H groups in total. The van der Waals surface area contributed by atoms with Crippen molar-refractivity contribution in [1.29, 1.82) is 0 Å². The Hall–Kier alpha value is -3.37. The number of benzene rings is 3. The Morgan fingerprint density at radius 3 is 2.27 bits per heavy atom. The Morgan fingerprint density at radius 1 is 0.939 bits per heavy atom. The Morgan fingerprint density at radius 2 is 1.64 bits per heavy atom. The van der Waals surface area contributed by atoms with E-state index in [0.29, 0.717) is 17.9 Å². The van der Waals surface area contributed by atoms with Gasteiger partial charge in [-0.2, -0.15) is 0 Å². The molecule has 1 aromatic heterocycles. The van der Waals surface area contributed by atoms with Gasteiger partial charge in [-0.3, -0.25) is 4.79 Å². The molecule has 1 amide bonds. The van der Waals surface area contributed by atoms with Crippen molar-refractivity contribution in [2.45, 2.75) is 32.4 Å². The molecule has 5 rings (SSSR count). The van der Waals surface area contributed by atoms with Crippen LogP contribution in [0.15, 0.2) is 84.9 Å². The molecule has 4 aromatic rings. The van der Waals surface area contributed by atoms with Crippen LogP contribution in [0, 0.1) is 6.92 Å². The number of hydrogen-bond donors (Lipinski definition) is 0. The standard InChI is InChI=1S/C29H27NO2S/c1-20-12-15-28(33-20)26-14-13-25(32-2)18-27(26)29(31)30(19-21-8-4-3-5-9-21)24-16-22-10-6-7-11-23(22)17-24/h3-15,18,24H,16-17,19H2,1-2H3. The van der Waals surface area contributed by atoms with Crippen LogP contribution in [-0.2, 0) is 19.4 Å². The van der Waals surface area contributed by atoms with E-state index < -0.39 is 0 Å². The lowest BCUT2D eigenvalue weighted by Gasteiger charge is -2.30. The number of rotatable bonds is 6. The zero-order chi connectivity index (χ0) is 22.8. The maximum Gasteiger partial charge on any atom is 0.255 e. The average molecular weight is 454 g/mol. The first-order chi connectivity index (χ1) is 16.1. The summed E-state index contributed by atoms with van der Waals surface area (Å²) < 4.78 is 5.51. The van der Waals surface area contributed by atoms with Crippen LogP contribution in [0.3, 0.4) is 0 Å². The summed E-state index contributed by atoms with van der Waals surface area (Å²) >= 11 is 1.71. The van der Waals surface area contributed by atoms with Crippen LogP contribution in [-0.4, -0.2) is 24.0 Å². The van der Waals surface area contributed by atoms with Crippen molar-refractivity contribution >= 4 is 17.2 Å². The van der Waals surface area contributed by atoms with Crippen molar-refractivity contribution in [3.8, 4) is 16.2 Å². The average Bonchev–Trinajstić information content (AvgIpc) is 3.48. The summed E-state index contributed by atoms with van der Waals surface area (Å²) in [5, 5.41) is 0. The van der Waals surface area contributed by atoms with E-state index in [9.17, 15) is 4.79 Å². The fourth-order valence-electron chi connectivity index (χ4n) is 4.68. The summed E-state index contributed by atoms with van der Waals surface area (Å²) in [6.45, 7) is 2.68. The van der Waals surface area contributed by atoms with E-state index in [1.807, 2.05) is 36.4 Å². The summed E-state index contributed by atoms with van der Waals surface area (Å²) in [5.74, 6) is 0.751. The van der Waals surface area contributed by atoms with E-state index in [1.54, 1.807) is 18.4 Å². The molecule has 0 saturated carbocycles. The van der Waals surface area contributed by atoms with Crippen LogP contribution in [0.25, 0.3) is 10.4 Å². The number of carbonyl (C=O) groups excluding carboxylic acids is 1. The monoisotopic (exact) mass is 453 g/mol. The van der Waals surface area contributed by atoms with E-state index in [2.05, 4.69) is 60.4 Å². The molecule has 0 atom stereocenters. The maximum atomic E-state index is 14.2. The Bertz CT molecular complexity index is 1250. The van der Waals surface area contributed by atoms with Crippen molar-refractivity contribution in [3.05, 3.63) is 112 Å².